The highest BCUT2D eigenvalue weighted by atomic mass is 32.2. The minimum absolute atomic E-state index is 0.00570. The lowest BCUT2D eigenvalue weighted by Gasteiger charge is -2.14. The number of nitro benzene ring substituents is 1. The summed E-state index contributed by atoms with van der Waals surface area (Å²) >= 11 is 0.942. The van der Waals surface area contributed by atoms with E-state index in [1.165, 1.54) is 12.1 Å². The summed E-state index contributed by atoms with van der Waals surface area (Å²) in [6.07, 6.45) is 1.85. The Hall–Kier alpha value is -3.44. The first-order valence-corrected chi connectivity index (χ1v) is 10.8. The number of nitrogens with one attached hydrogen (secondary N) is 2. The van der Waals surface area contributed by atoms with Gasteiger partial charge in [-0.05, 0) is 37.1 Å². The van der Waals surface area contributed by atoms with Crippen LogP contribution in [-0.2, 0) is 9.53 Å². The highest BCUT2D eigenvalue weighted by molar-refractivity contribution is 8.00. The van der Waals surface area contributed by atoms with Crippen LogP contribution in [0.1, 0.15) is 33.6 Å². The average molecular weight is 458 g/mol. The minimum atomic E-state index is -0.781. The first-order valence-electron chi connectivity index (χ1n) is 9.85. The van der Waals surface area contributed by atoms with Crippen LogP contribution in [0.2, 0.25) is 0 Å². The van der Waals surface area contributed by atoms with Crippen LogP contribution in [0.3, 0.4) is 0 Å². The number of para-hydroxylation sites is 1. The van der Waals surface area contributed by atoms with E-state index in [0.717, 1.165) is 30.7 Å². The average Bonchev–Trinajstić information content (AvgIpc) is 3.30. The Bertz CT molecular complexity index is 1040. The van der Waals surface area contributed by atoms with Crippen molar-refractivity contribution < 1.29 is 24.0 Å². The largest absolute Gasteiger partial charge is 0.376 e. The number of carbonyl (C=O) groups is 3. The molecular weight excluding hydrogens is 436 g/mol. The number of nitrogens with two attached hydrogens (primary N) is 1. The molecule has 3 amide bonds. The standard InChI is InChI=1S/C21H22N4O6S/c22-20(27)13-7-8-18(17(10-13)25(29)30)32-12-19(26)24-16-6-2-1-5-15(16)21(28)23-11-14-4-3-9-31-14/h1-2,5-8,10,14H,3-4,9,11-12H2,(H2,22,27)(H,23,28)(H,24,26). The van der Waals surface area contributed by atoms with Crippen molar-refractivity contribution in [3.63, 3.8) is 0 Å². The Morgan fingerprint density at radius 1 is 1.22 bits per heavy atom. The van der Waals surface area contributed by atoms with Crippen LogP contribution in [0.15, 0.2) is 47.4 Å². The molecule has 1 atom stereocenters. The number of nitrogens with zero attached hydrogens (tertiary/aromatic N) is 1. The predicted molar refractivity (Wildman–Crippen MR) is 119 cm³/mol. The number of carbonyl (C=O) groups excluding carboxylic acids is 3. The molecule has 2 aromatic carbocycles. The zero-order valence-corrected chi connectivity index (χ0v) is 17.9. The number of ether oxygens (including phenoxy) is 1. The molecule has 4 N–H and O–H groups in total. The maximum Gasteiger partial charge on any atom is 0.283 e. The van der Waals surface area contributed by atoms with E-state index < -0.39 is 16.7 Å². The van der Waals surface area contributed by atoms with Gasteiger partial charge in [-0.25, -0.2) is 0 Å². The molecule has 168 valence electrons. The summed E-state index contributed by atoms with van der Waals surface area (Å²) in [6, 6.07) is 10.4. The number of nitro groups is 1. The van der Waals surface area contributed by atoms with E-state index in [1.54, 1.807) is 24.3 Å². The molecule has 1 fully saturated rings. The summed E-state index contributed by atoms with van der Waals surface area (Å²) in [6.45, 7) is 1.08. The summed E-state index contributed by atoms with van der Waals surface area (Å²) in [5.41, 5.74) is 5.50. The fraction of sp³-hybridized carbons (Fsp3) is 0.286. The number of thioether (sulfide) groups is 1. The molecule has 11 heteroatoms. The molecule has 3 rings (SSSR count). The number of benzene rings is 2. The summed E-state index contributed by atoms with van der Waals surface area (Å²) in [7, 11) is 0. The smallest absolute Gasteiger partial charge is 0.283 e. The minimum Gasteiger partial charge on any atom is -0.376 e. The monoisotopic (exact) mass is 458 g/mol. The van der Waals surface area contributed by atoms with Crippen molar-refractivity contribution in [3.05, 3.63) is 63.7 Å². The first kappa shape index (κ1) is 23.2. The van der Waals surface area contributed by atoms with Gasteiger partial charge in [-0.1, -0.05) is 12.1 Å². The molecular formula is C21H22N4O6S. The molecule has 0 spiro atoms. The molecule has 0 aliphatic carbocycles. The van der Waals surface area contributed by atoms with E-state index in [2.05, 4.69) is 10.6 Å². The predicted octanol–water partition coefficient (Wildman–Crippen LogP) is 2.33. The van der Waals surface area contributed by atoms with Crippen molar-refractivity contribution in [2.75, 3.05) is 24.2 Å². The molecule has 1 heterocycles. The molecule has 1 saturated heterocycles. The van der Waals surface area contributed by atoms with Gasteiger partial charge in [0.15, 0.2) is 0 Å². The van der Waals surface area contributed by atoms with E-state index in [0.29, 0.717) is 24.4 Å². The van der Waals surface area contributed by atoms with Crippen LogP contribution in [-0.4, -0.2) is 47.7 Å². The molecule has 0 saturated carbocycles. The Balaban J connectivity index is 1.62. The van der Waals surface area contributed by atoms with Gasteiger partial charge in [0.1, 0.15) is 0 Å². The second-order valence-corrected chi connectivity index (χ2v) is 8.05. The third kappa shape index (κ3) is 6.05. The van der Waals surface area contributed by atoms with Crippen molar-refractivity contribution in [3.8, 4) is 0 Å². The highest BCUT2D eigenvalue weighted by Gasteiger charge is 2.20. The normalized spacial score (nSPS) is 15.2. The number of amides is 3. The van der Waals surface area contributed by atoms with E-state index >= 15 is 0 Å². The number of anilines is 1. The van der Waals surface area contributed by atoms with E-state index in [9.17, 15) is 24.5 Å². The van der Waals surface area contributed by atoms with E-state index in [-0.39, 0.29) is 33.9 Å². The second-order valence-electron chi connectivity index (χ2n) is 7.03. The number of rotatable bonds is 9. The molecule has 10 nitrogen and oxygen atoms in total. The Morgan fingerprint density at radius 2 is 2.00 bits per heavy atom. The SMILES string of the molecule is NC(=O)c1ccc(SCC(=O)Nc2ccccc2C(=O)NCC2CCCO2)c([N+](=O)[O-])c1. The maximum atomic E-state index is 12.6. The van der Waals surface area contributed by atoms with Gasteiger partial charge >= 0.3 is 0 Å². The molecule has 1 aliphatic heterocycles. The third-order valence-electron chi connectivity index (χ3n) is 4.76. The first-order chi connectivity index (χ1) is 15.3. The Morgan fingerprint density at radius 3 is 2.69 bits per heavy atom. The van der Waals surface area contributed by atoms with Gasteiger partial charge in [0.05, 0.1) is 32.9 Å². The quantitative estimate of drug-likeness (QED) is 0.296. The fourth-order valence-electron chi connectivity index (χ4n) is 3.16. The van der Waals surface area contributed by atoms with Crippen LogP contribution in [0.5, 0.6) is 0 Å². The lowest BCUT2D eigenvalue weighted by molar-refractivity contribution is -0.387. The van der Waals surface area contributed by atoms with Gasteiger partial charge in [0, 0.05) is 24.8 Å². The zero-order valence-electron chi connectivity index (χ0n) is 17.0. The molecule has 1 unspecified atom stereocenters. The molecule has 0 bridgehead atoms. The van der Waals surface area contributed by atoms with Crippen LogP contribution < -0.4 is 16.4 Å². The van der Waals surface area contributed by atoms with Crippen molar-refractivity contribution in [1.29, 1.82) is 0 Å². The summed E-state index contributed by atoms with van der Waals surface area (Å²) in [4.78, 5) is 47.1. The fourth-order valence-corrected chi connectivity index (χ4v) is 3.97. The van der Waals surface area contributed by atoms with Crippen LogP contribution in [0.25, 0.3) is 0 Å². The molecule has 0 aromatic heterocycles. The van der Waals surface area contributed by atoms with Gasteiger partial charge in [0.2, 0.25) is 11.8 Å². The van der Waals surface area contributed by atoms with E-state index in [4.69, 9.17) is 10.5 Å². The third-order valence-corrected chi connectivity index (χ3v) is 5.82. The van der Waals surface area contributed by atoms with Gasteiger partial charge in [0.25, 0.3) is 11.6 Å². The molecule has 0 radical (unpaired) electrons. The Labute approximate surface area is 188 Å². The number of hydrogen-bond donors (Lipinski definition) is 3. The zero-order chi connectivity index (χ0) is 23.1. The highest BCUT2D eigenvalue weighted by Crippen LogP contribution is 2.30. The lowest BCUT2D eigenvalue weighted by Crippen LogP contribution is -2.32. The van der Waals surface area contributed by atoms with Gasteiger partial charge in [-0.3, -0.25) is 24.5 Å². The summed E-state index contributed by atoms with van der Waals surface area (Å²) < 4.78 is 5.49. The summed E-state index contributed by atoms with van der Waals surface area (Å²) in [5, 5.41) is 16.8. The van der Waals surface area contributed by atoms with Crippen LogP contribution in [0, 0.1) is 10.1 Å². The maximum absolute atomic E-state index is 12.6. The van der Waals surface area contributed by atoms with Crippen molar-refractivity contribution >= 4 is 40.9 Å². The molecule has 32 heavy (non-hydrogen) atoms. The summed E-state index contributed by atoms with van der Waals surface area (Å²) in [5.74, 6) is -1.69. The number of primary amides is 1. The molecule has 2 aromatic rings. The van der Waals surface area contributed by atoms with Gasteiger partial charge < -0.3 is 21.1 Å². The van der Waals surface area contributed by atoms with Crippen LogP contribution >= 0.6 is 11.8 Å². The van der Waals surface area contributed by atoms with Crippen molar-refractivity contribution in [2.45, 2.75) is 23.8 Å². The van der Waals surface area contributed by atoms with Crippen molar-refractivity contribution in [1.82, 2.24) is 5.32 Å². The van der Waals surface area contributed by atoms with Crippen molar-refractivity contribution in [2.24, 2.45) is 5.73 Å². The molecule has 1 aliphatic rings. The Kier molecular flexibility index (Phi) is 7.79. The van der Waals surface area contributed by atoms with Crippen LogP contribution in [0.4, 0.5) is 11.4 Å². The second kappa shape index (κ2) is 10.7. The number of hydrogen-bond acceptors (Lipinski definition) is 7. The van der Waals surface area contributed by atoms with Gasteiger partial charge in [-0.15, -0.1) is 11.8 Å². The van der Waals surface area contributed by atoms with E-state index in [1.807, 2.05) is 0 Å². The van der Waals surface area contributed by atoms with Gasteiger partial charge in [-0.2, -0.15) is 0 Å². The topological polar surface area (TPSA) is 154 Å². The lowest BCUT2D eigenvalue weighted by atomic mass is 10.1.